The third-order valence-corrected chi connectivity index (χ3v) is 6.66. The molecule has 0 aliphatic carbocycles. The van der Waals surface area contributed by atoms with Crippen molar-refractivity contribution in [3.05, 3.63) is 21.5 Å². The lowest BCUT2D eigenvalue weighted by molar-refractivity contribution is 2.43. The van der Waals surface area contributed by atoms with Crippen molar-refractivity contribution >= 4 is 74.9 Å². The molecule has 0 saturated heterocycles. The molecule has 4 aromatic heterocycles. The van der Waals surface area contributed by atoms with Crippen molar-refractivity contribution < 1.29 is 0 Å². The third kappa shape index (κ3) is 0.827. The van der Waals surface area contributed by atoms with Crippen LogP contribution in [0.15, 0.2) is 21.5 Å². The van der Waals surface area contributed by atoms with E-state index in [1.54, 1.807) is 22.7 Å². The van der Waals surface area contributed by atoms with Crippen LogP contribution in [0.1, 0.15) is 0 Å². The number of hydrogen-bond donors (Lipinski definition) is 0. The summed E-state index contributed by atoms with van der Waals surface area (Å²) in [6.45, 7) is 0. The van der Waals surface area contributed by atoms with E-state index in [0.29, 0.717) is 0 Å². The number of hydrogen-bond acceptors (Lipinski definition) is 4. The Morgan fingerprint density at radius 2 is 1.14 bits per heavy atom. The number of fused-ring (bicyclic) bond motifs is 5. The van der Waals surface area contributed by atoms with Crippen molar-refractivity contribution in [2.24, 2.45) is 0 Å². The van der Waals surface area contributed by atoms with E-state index >= 15 is 0 Å². The molecule has 4 heterocycles. The summed E-state index contributed by atoms with van der Waals surface area (Å²) in [5.41, 5.74) is 0. The molecule has 4 aromatic rings. The summed E-state index contributed by atoms with van der Waals surface area (Å²) < 4.78 is 5.88. The summed E-state index contributed by atoms with van der Waals surface area (Å²) >= 11 is 7.49. The molecule has 0 aliphatic rings. The van der Waals surface area contributed by atoms with E-state index in [1.807, 2.05) is 22.7 Å². The van der Waals surface area contributed by atoms with Gasteiger partial charge < -0.3 is 0 Å². The Morgan fingerprint density at radius 1 is 0.643 bits per heavy atom. The first-order valence-electron chi connectivity index (χ1n) is 4.16. The van der Waals surface area contributed by atoms with E-state index in [2.05, 4.69) is 21.5 Å². The largest absolute Gasteiger partial charge is 0.150 e. The molecule has 4 heteroatoms. The average molecular weight is 252 g/mol. The highest BCUT2D eigenvalue weighted by molar-refractivity contribution is 7.38. The van der Waals surface area contributed by atoms with Crippen LogP contribution in [0.4, 0.5) is 0 Å². The second kappa shape index (κ2) is 2.58. The molecule has 4 rings (SSSR count). The van der Waals surface area contributed by atoms with Crippen molar-refractivity contribution in [3.8, 4) is 0 Å². The van der Waals surface area contributed by atoms with Gasteiger partial charge in [0.2, 0.25) is 0 Å². The zero-order chi connectivity index (χ0) is 9.12. The van der Waals surface area contributed by atoms with Crippen LogP contribution in [0.2, 0.25) is 0 Å². The first-order valence-corrected chi connectivity index (χ1v) is 7.68. The normalized spacial score (nSPS) is 12.3. The van der Waals surface area contributed by atoms with Crippen LogP contribution in [0.25, 0.3) is 29.6 Å². The van der Waals surface area contributed by atoms with Gasteiger partial charge in [0.1, 0.15) is 0 Å². The molecule has 0 aliphatic heterocycles. The Hall–Kier alpha value is -0.420. The van der Waals surface area contributed by atoms with Crippen LogP contribution in [-0.2, 0) is 0 Å². The van der Waals surface area contributed by atoms with E-state index in [-0.39, 0.29) is 0 Å². The highest BCUT2D eigenvalue weighted by atomic mass is 32.1. The second-order valence-electron chi connectivity index (χ2n) is 3.16. The predicted molar refractivity (Wildman–Crippen MR) is 70.5 cm³/mol. The molecule has 0 fully saturated rings. The zero-order valence-corrected chi connectivity index (χ0v) is 10.2. The average Bonchev–Trinajstić information content (AvgIpc) is 2.80. The zero-order valence-electron chi connectivity index (χ0n) is 6.94. The SMILES string of the molecule is c1scc2c1sc1c3cscc3sc21. The molecular weight excluding hydrogens is 248 g/mol. The van der Waals surface area contributed by atoms with Gasteiger partial charge >= 0.3 is 0 Å². The van der Waals surface area contributed by atoms with Gasteiger partial charge in [-0.15, -0.1) is 22.7 Å². The fourth-order valence-corrected chi connectivity index (χ4v) is 6.47. The Kier molecular flexibility index (Phi) is 1.44. The molecule has 0 atom stereocenters. The molecule has 0 aromatic carbocycles. The third-order valence-electron chi connectivity index (χ3n) is 2.37. The molecule has 0 unspecified atom stereocenters. The quantitative estimate of drug-likeness (QED) is 0.393. The van der Waals surface area contributed by atoms with Crippen LogP contribution < -0.4 is 0 Å². The molecule has 14 heavy (non-hydrogen) atoms. The van der Waals surface area contributed by atoms with Crippen molar-refractivity contribution in [1.29, 1.82) is 0 Å². The molecular formula is C10H4S4. The predicted octanol–water partition coefficient (Wildman–Crippen LogP) is 5.39. The molecule has 0 spiro atoms. The van der Waals surface area contributed by atoms with Crippen molar-refractivity contribution in [3.63, 3.8) is 0 Å². The second-order valence-corrected chi connectivity index (χ2v) is 6.75. The van der Waals surface area contributed by atoms with E-state index < -0.39 is 0 Å². The monoisotopic (exact) mass is 252 g/mol. The first-order chi connectivity index (χ1) is 6.93. The van der Waals surface area contributed by atoms with E-state index in [4.69, 9.17) is 0 Å². The molecule has 0 nitrogen and oxygen atoms in total. The summed E-state index contributed by atoms with van der Waals surface area (Å²) in [5.74, 6) is 0. The van der Waals surface area contributed by atoms with Crippen molar-refractivity contribution in [2.45, 2.75) is 0 Å². The molecule has 0 bridgehead atoms. The Balaban J connectivity index is 2.43. The van der Waals surface area contributed by atoms with Crippen LogP contribution in [0.3, 0.4) is 0 Å². The maximum Gasteiger partial charge on any atom is 0.0551 e. The van der Waals surface area contributed by atoms with Gasteiger partial charge in [-0.25, -0.2) is 0 Å². The van der Waals surface area contributed by atoms with Gasteiger partial charge in [0.25, 0.3) is 0 Å². The van der Waals surface area contributed by atoms with Gasteiger partial charge in [-0.2, -0.15) is 22.7 Å². The van der Waals surface area contributed by atoms with Crippen LogP contribution >= 0.6 is 45.3 Å². The Bertz CT molecular complexity index is 669. The fourth-order valence-electron chi connectivity index (χ4n) is 1.73. The standard InChI is InChI=1S/C10H4S4/c1-5-7(3-11-1)13-10-6-2-12-4-8(6)14-9(5)10/h1-4H. The van der Waals surface area contributed by atoms with Crippen LogP contribution in [-0.4, -0.2) is 0 Å². The van der Waals surface area contributed by atoms with Crippen LogP contribution in [0.5, 0.6) is 0 Å². The minimum Gasteiger partial charge on any atom is -0.150 e. The fraction of sp³-hybridized carbons (Fsp3) is 0. The van der Waals surface area contributed by atoms with Gasteiger partial charge in [0, 0.05) is 41.7 Å². The minimum absolute atomic E-state index is 1.45. The minimum atomic E-state index is 1.45. The number of rotatable bonds is 0. The highest BCUT2D eigenvalue weighted by Gasteiger charge is 2.12. The summed E-state index contributed by atoms with van der Waals surface area (Å²) in [6.07, 6.45) is 0. The summed E-state index contributed by atoms with van der Waals surface area (Å²) in [5, 5.41) is 12.0. The lowest BCUT2D eigenvalue weighted by Gasteiger charge is -1.74. The molecule has 0 saturated carbocycles. The van der Waals surface area contributed by atoms with Gasteiger partial charge in [0.05, 0.1) is 9.40 Å². The Morgan fingerprint density at radius 3 is 1.64 bits per heavy atom. The smallest absolute Gasteiger partial charge is 0.0551 e. The van der Waals surface area contributed by atoms with Crippen molar-refractivity contribution in [2.75, 3.05) is 0 Å². The van der Waals surface area contributed by atoms with E-state index in [9.17, 15) is 0 Å². The van der Waals surface area contributed by atoms with Crippen LogP contribution in [0, 0.1) is 0 Å². The lowest BCUT2D eigenvalue weighted by atomic mass is 10.3. The van der Waals surface area contributed by atoms with Gasteiger partial charge in [0.15, 0.2) is 0 Å². The van der Waals surface area contributed by atoms with E-state index in [0.717, 1.165) is 0 Å². The van der Waals surface area contributed by atoms with Gasteiger partial charge in [-0.3, -0.25) is 0 Å². The topological polar surface area (TPSA) is 0 Å². The summed E-state index contributed by atoms with van der Waals surface area (Å²) in [4.78, 5) is 0. The summed E-state index contributed by atoms with van der Waals surface area (Å²) in [6, 6.07) is 0. The van der Waals surface area contributed by atoms with Crippen molar-refractivity contribution in [1.82, 2.24) is 0 Å². The van der Waals surface area contributed by atoms with E-state index in [1.165, 1.54) is 29.6 Å². The maximum atomic E-state index is 2.27. The maximum absolute atomic E-state index is 2.27. The lowest BCUT2D eigenvalue weighted by Crippen LogP contribution is -1.45. The number of thiophene rings is 4. The van der Waals surface area contributed by atoms with Gasteiger partial charge in [-0.1, -0.05) is 0 Å². The Labute approximate surface area is 96.0 Å². The molecule has 0 radical (unpaired) electrons. The molecule has 0 N–H and O–H groups in total. The summed E-state index contributed by atoms with van der Waals surface area (Å²) in [7, 11) is 0. The highest BCUT2D eigenvalue weighted by Crippen LogP contribution is 2.46. The first kappa shape index (κ1) is 7.82. The van der Waals surface area contributed by atoms with Gasteiger partial charge in [-0.05, 0) is 0 Å². The molecule has 0 amide bonds. The molecule has 68 valence electrons.